The van der Waals surface area contributed by atoms with Crippen LogP contribution in [0.3, 0.4) is 0 Å². The molecule has 1 aromatic rings. The molecular weight excluding hydrogens is 256 g/mol. The number of benzene rings is 1. The van der Waals surface area contributed by atoms with Gasteiger partial charge in [0.1, 0.15) is 12.4 Å². The van der Waals surface area contributed by atoms with Crippen LogP contribution in [-0.2, 0) is 14.8 Å². The van der Waals surface area contributed by atoms with E-state index in [9.17, 15) is 13.2 Å². The lowest BCUT2D eigenvalue weighted by Gasteiger charge is -2.28. The lowest BCUT2D eigenvalue weighted by Crippen LogP contribution is -2.36. The van der Waals surface area contributed by atoms with Gasteiger partial charge in [0.25, 0.3) is 0 Å². The number of rotatable bonds is 2. The van der Waals surface area contributed by atoms with Crippen molar-refractivity contribution in [2.24, 2.45) is 0 Å². The molecule has 6 nitrogen and oxygen atoms in total. The first-order valence-corrected chi connectivity index (χ1v) is 6.92. The number of fused-ring (bicyclic) bond motifs is 1. The van der Waals surface area contributed by atoms with E-state index in [-0.39, 0.29) is 10.8 Å². The molecule has 1 aliphatic rings. The first-order valence-electron chi connectivity index (χ1n) is 5.44. The normalized spacial score (nSPS) is 14.9. The number of anilines is 1. The Balaban J connectivity index is 2.53. The van der Waals surface area contributed by atoms with Crippen LogP contribution in [0.15, 0.2) is 23.1 Å². The van der Waals surface area contributed by atoms with E-state index < -0.39 is 10.0 Å². The fourth-order valence-corrected chi connectivity index (χ4v) is 2.56. The maximum Gasteiger partial charge on any atom is 0.240 e. The highest BCUT2D eigenvalue weighted by molar-refractivity contribution is 7.89. The Morgan fingerprint density at radius 3 is 2.78 bits per heavy atom. The summed E-state index contributed by atoms with van der Waals surface area (Å²) in [4.78, 5) is 13.1. The molecular formula is C11H14N2O4S. The standard InChI is InChI=1S/C11H14N2O4S/c1-8(14)13-5-6-17-11-4-3-9(7-10(11)13)18(15,16)12-2/h3-4,7,12H,5-6H2,1-2H3. The number of carbonyl (C=O) groups excluding carboxylic acids is 1. The van der Waals surface area contributed by atoms with Gasteiger partial charge in [-0.2, -0.15) is 0 Å². The van der Waals surface area contributed by atoms with Gasteiger partial charge in [-0.25, -0.2) is 13.1 Å². The first-order chi connectivity index (χ1) is 8.45. The van der Waals surface area contributed by atoms with Crippen molar-refractivity contribution in [3.05, 3.63) is 18.2 Å². The summed E-state index contributed by atoms with van der Waals surface area (Å²) < 4.78 is 31.0. The molecule has 0 radical (unpaired) electrons. The number of amides is 1. The zero-order valence-corrected chi connectivity index (χ0v) is 11.0. The van der Waals surface area contributed by atoms with Crippen molar-refractivity contribution in [2.75, 3.05) is 25.1 Å². The Morgan fingerprint density at radius 1 is 1.44 bits per heavy atom. The maximum atomic E-state index is 11.7. The maximum absolute atomic E-state index is 11.7. The zero-order valence-electron chi connectivity index (χ0n) is 10.1. The van der Waals surface area contributed by atoms with E-state index >= 15 is 0 Å². The predicted molar refractivity (Wildman–Crippen MR) is 66.2 cm³/mol. The van der Waals surface area contributed by atoms with Crippen LogP contribution in [-0.4, -0.2) is 34.5 Å². The summed E-state index contributed by atoms with van der Waals surface area (Å²) in [6, 6.07) is 4.46. The summed E-state index contributed by atoms with van der Waals surface area (Å²) in [6.45, 7) is 2.27. The quantitative estimate of drug-likeness (QED) is 0.841. The van der Waals surface area contributed by atoms with E-state index in [1.54, 1.807) is 6.07 Å². The molecule has 2 rings (SSSR count). The molecule has 0 unspecified atom stereocenters. The fourth-order valence-electron chi connectivity index (χ4n) is 1.81. The molecule has 0 spiro atoms. The van der Waals surface area contributed by atoms with Crippen LogP contribution >= 0.6 is 0 Å². The Labute approximate surface area is 106 Å². The van der Waals surface area contributed by atoms with Gasteiger partial charge in [0.05, 0.1) is 17.1 Å². The summed E-state index contributed by atoms with van der Waals surface area (Å²) in [5, 5.41) is 0. The van der Waals surface area contributed by atoms with Gasteiger partial charge in [0, 0.05) is 6.92 Å². The third-order valence-electron chi connectivity index (χ3n) is 2.75. The van der Waals surface area contributed by atoms with Crippen LogP contribution in [0.25, 0.3) is 0 Å². The van der Waals surface area contributed by atoms with Crippen LogP contribution in [0.4, 0.5) is 5.69 Å². The van der Waals surface area contributed by atoms with Crippen molar-refractivity contribution in [2.45, 2.75) is 11.8 Å². The van der Waals surface area contributed by atoms with Crippen LogP contribution in [0.5, 0.6) is 5.75 Å². The summed E-state index contributed by atoms with van der Waals surface area (Å²) in [5.41, 5.74) is 0.491. The number of nitrogens with zero attached hydrogens (tertiary/aromatic N) is 1. The van der Waals surface area contributed by atoms with E-state index in [4.69, 9.17) is 4.74 Å². The Morgan fingerprint density at radius 2 is 2.17 bits per heavy atom. The minimum Gasteiger partial charge on any atom is -0.490 e. The van der Waals surface area contributed by atoms with E-state index in [1.165, 1.54) is 31.0 Å². The molecule has 98 valence electrons. The number of sulfonamides is 1. The second-order valence-electron chi connectivity index (χ2n) is 3.86. The van der Waals surface area contributed by atoms with Crippen LogP contribution in [0.2, 0.25) is 0 Å². The predicted octanol–water partition coefficient (Wildman–Crippen LogP) is 0.340. The minimum absolute atomic E-state index is 0.112. The van der Waals surface area contributed by atoms with Crippen LogP contribution in [0, 0.1) is 0 Å². The van der Waals surface area contributed by atoms with Crippen molar-refractivity contribution in [3.63, 3.8) is 0 Å². The zero-order chi connectivity index (χ0) is 13.3. The summed E-state index contributed by atoms with van der Waals surface area (Å²) >= 11 is 0. The molecule has 1 N–H and O–H groups in total. The average Bonchev–Trinajstić information content (AvgIpc) is 2.37. The summed E-state index contributed by atoms with van der Waals surface area (Å²) in [7, 11) is -2.18. The van der Waals surface area contributed by atoms with Gasteiger partial charge in [-0.05, 0) is 25.2 Å². The van der Waals surface area contributed by atoms with E-state index in [0.717, 1.165) is 0 Å². The monoisotopic (exact) mass is 270 g/mol. The lowest BCUT2D eigenvalue weighted by molar-refractivity contribution is -0.116. The molecule has 1 aliphatic heterocycles. The molecule has 0 bridgehead atoms. The lowest BCUT2D eigenvalue weighted by atomic mass is 10.2. The van der Waals surface area contributed by atoms with E-state index in [1.807, 2.05) is 0 Å². The highest BCUT2D eigenvalue weighted by atomic mass is 32.2. The molecule has 0 saturated heterocycles. The smallest absolute Gasteiger partial charge is 0.240 e. The highest BCUT2D eigenvalue weighted by Gasteiger charge is 2.23. The van der Waals surface area contributed by atoms with E-state index in [2.05, 4.69) is 4.72 Å². The molecule has 0 atom stereocenters. The highest BCUT2D eigenvalue weighted by Crippen LogP contribution is 2.33. The van der Waals surface area contributed by atoms with Gasteiger partial charge < -0.3 is 9.64 Å². The Kier molecular flexibility index (Phi) is 3.27. The summed E-state index contributed by atoms with van der Waals surface area (Å²) in [5.74, 6) is 0.380. The summed E-state index contributed by atoms with van der Waals surface area (Å²) in [6.07, 6.45) is 0. The molecule has 0 saturated carbocycles. The molecule has 18 heavy (non-hydrogen) atoms. The van der Waals surface area contributed by atoms with Gasteiger partial charge in [0.2, 0.25) is 15.9 Å². The molecule has 0 aromatic heterocycles. The van der Waals surface area contributed by atoms with Crippen molar-refractivity contribution in [3.8, 4) is 5.75 Å². The molecule has 0 fully saturated rings. The Bertz CT molecular complexity index is 583. The molecule has 1 aromatic carbocycles. The number of hydrogen-bond acceptors (Lipinski definition) is 4. The van der Waals surface area contributed by atoms with Gasteiger partial charge in [0.15, 0.2) is 0 Å². The van der Waals surface area contributed by atoms with Gasteiger partial charge in [-0.1, -0.05) is 0 Å². The first kappa shape index (κ1) is 12.8. The van der Waals surface area contributed by atoms with Gasteiger partial charge >= 0.3 is 0 Å². The average molecular weight is 270 g/mol. The molecule has 1 heterocycles. The van der Waals surface area contributed by atoms with E-state index in [0.29, 0.717) is 24.6 Å². The molecule has 0 aliphatic carbocycles. The topological polar surface area (TPSA) is 75.7 Å². The minimum atomic E-state index is -3.52. The second-order valence-corrected chi connectivity index (χ2v) is 5.74. The van der Waals surface area contributed by atoms with Crippen LogP contribution < -0.4 is 14.4 Å². The number of carbonyl (C=O) groups is 1. The third kappa shape index (κ3) is 2.19. The van der Waals surface area contributed by atoms with Crippen molar-refractivity contribution < 1.29 is 17.9 Å². The molecule has 1 amide bonds. The largest absolute Gasteiger partial charge is 0.490 e. The second kappa shape index (κ2) is 4.58. The number of nitrogens with one attached hydrogen (secondary N) is 1. The fraction of sp³-hybridized carbons (Fsp3) is 0.364. The van der Waals surface area contributed by atoms with Crippen molar-refractivity contribution in [1.29, 1.82) is 0 Å². The number of hydrogen-bond donors (Lipinski definition) is 1. The van der Waals surface area contributed by atoms with Crippen molar-refractivity contribution >= 4 is 21.6 Å². The SMILES string of the molecule is CNS(=O)(=O)c1ccc2c(c1)N(C(C)=O)CCO2. The van der Waals surface area contributed by atoms with Crippen molar-refractivity contribution in [1.82, 2.24) is 4.72 Å². The van der Waals surface area contributed by atoms with Gasteiger partial charge in [-0.3, -0.25) is 4.79 Å². The van der Waals surface area contributed by atoms with Gasteiger partial charge in [-0.15, -0.1) is 0 Å². The Hall–Kier alpha value is -1.60. The molecule has 7 heteroatoms. The number of ether oxygens (including phenoxy) is 1. The third-order valence-corrected chi connectivity index (χ3v) is 4.16. The van der Waals surface area contributed by atoms with Crippen LogP contribution in [0.1, 0.15) is 6.92 Å².